The summed E-state index contributed by atoms with van der Waals surface area (Å²) in [6, 6.07) is 14.6. The molecule has 0 aromatic heterocycles. The summed E-state index contributed by atoms with van der Waals surface area (Å²) in [7, 11) is 0. The van der Waals surface area contributed by atoms with Gasteiger partial charge in [-0.15, -0.1) is 0 Å². The van der Waals surface area contributed by atoms with Crippen LogP contribution in [-0.4, -0.2) is 59.1 Å². The third-order valence-corrected chi connectivity index (χ3v) is 5.82. The molecule has 1 aliphatic heterocycles. The van der Waals surface area contributed by atoms with Crippen LogP contribution in [0.4, 0.5) is 16.2 Å². The van der Waals surface area contributed by atoms with Gasteiger partial charge < -0.3 is 20.1 Å². The molecule has 0 radical (unpaired) electrons. The van der Waals surface area contributed by atoms with Crippen molar-refractivity contribution in [2.24, 2.45) is 0 Å². The number of ether oxygens (including phenoxy) is 1. The van der Waals surface area contributed by atoms with Gasteiger partial charge in [0.25, 0.3) is 11.8 Å². The van der Waals surface area contributed by atoms with E-state index in [1.807, 2.05) is 45.0 Å². The lowest BCUT2D eigenvalue weighted by atomic mass is 10.0. The van der Waals surface area contributed by atoms with Crippen molar-refractivity contribution in [3.8, 4) is 0 Å². The summed E-state index contributed by atoms with van der Waals surface area (Å²) >= 11 is 0. The van der Waals surface area contributed by atoms with Gasteiger partial charge in [-0.3, -0.25) is 19.3 Å². The number of carboxylic acids is 1. The lowest BCUT2D eigenvalue weighted by molar-refractivity contribution is -0.137. The molecule has 2 N–H and O–H groups in total. The first-order valence-electron chi connectivity index (χ1n) is 12.5. The van der Waals surface area contributed by atoms with Crippen LogP contribution in [0.3, 0.4) is 0 Å². The second-order valence-electron chi connectivity index (χ2n) is 10.0. The molecular formula is C28H35N3O6. The molecule has 2 aromatic rings. The van der Waals surface area contributed by atoms with Crippen molar-refractivity contribution in [2.75, 3.05) is 24.5 Å². The maximum Gasteiger partial charge on any atom is 0.407 e. The van der Waals surface area contributed by atoms with Crippen LogP contribution in [0.2, 0.25) is 0 Å². The van der Waals surface area contributed by atoms with Crippen molar-refractivity contribution in [1.82, 2.24) is 10.2 Å². The van der Waals surface area contributed by atoms with Gasteiger partial charge in [-0.1, -0.05) is 30.7 Å². The van der Waals surface area contributed by atoms with Gasteiger partial charge in [0, 0.05) is 18.8 Å². The van der Waals surface area contributed by atoms with Crippen LogP contribution >= 0.6 is 0 Å². The van der Waals surface area contributed by atoms with E-state index in [0.29, 0.717) is 23.5 Å². The molecule has 0 fully saturated rings. The van der Waals surface area contributed by atoms with Gasteiger partial charge in [-0.05, 0) is 69.9 Å². The largest absolute Gasteiger partial charge is 0.481 e. The quantitative estimate of drug-likeness (QED) is 0.455. The molecular weight excluding hydrogens is 474 g/mol. The Hall–Kier alpha value is -3.88. The molecule has 0 unspecified atom stereocenters. The number of aryl methyl sites for hydroxylation is 1. The smallest absolute Gasteiger partial charge is 0.407 e. The highest BCUT2D eigenvalue weighted by Gasteiger charge is 2.32. The Balaban J connectivity index is 1.70. The number of rotatable bonds is 10. The third-order valence-electron chi connectivity index (χ3n) is 5.82. The number of hydrogen-bond donors (Lipinski definition) is 2. The summed E-state index contributed by atoms with van der Waals surface area (Å²) in [5.41, 5.74) is 1.93. The number of amides is 3. The number of carboxylic acid groups (broad SMARTS) is 1. The average Bonchev–Trinajstić information content (AvgIpc) is 2.93. The molecule has 3 amide bonds. The summed E-state index contributed by atoms with van der Waals surface area (Å²) in [6.45, 7) is 5.73. The Morgan fingerprint density at radius 2 is 1.76 bits per heavy atom. The Labute approximate surface area is 217 Å². The lowest BCUT2D eigenvalue weighted by Crippen LogP contribution is -2.38. The van der Waals surface area contributed by atoms with Gasteiger partial charge in [0.05, 0.1) is 17.7 Å². The minimum atomic E-state index is -1.03. The molecule has 2 aromatic carbocycles. The van der Waals surface area contributed by atoms with Crippen LogP contribution in [0.1, 0.15) is 62.4 Å². The highest BCUT2D eigenvalue weighted by atomic mass is 16.6. The number of alkyl carbamates (subject to hydrolysis) is 1. The standard InChI is InChI=1S/C28H35N3O6/c1-28(2,3)37-27(36)29-16-9-5-6-10-20-13-14-23-22(18-20)26(35)30(17-15-25(33)34)19-24(32)31(23)21-11-7-4-8-12-21/h4,7-8,11-14,18H,5-6,9-10,15-17,19H2,1-3H3,(H,29,36)(H,33,34). The van der Waals surface area contributed by atoms with E-state index in [-0.39, 0.29) is 31.3 Å². The van der Waals surface area contributed by atoms with E-state index in [1.54, 1.807) is 24.3 Å². The van der Waals surface area contributed by atoms with E-state index in [9.17, 15) is 19.2 Å². The van der Waals surface area contributed by atoms with Crippen LogP contribution in [-0.2, 0) is 20.7 Å². The molecule has 0 bridgehead atoms. The molecule has 198 valence electrons. The van der Waals surface area contributed by atoms with Crippen LogP contribution in [0.15, 0.2) is 48.5 Å². The molecule has 9 nitrogen and oxygen atoms in total. The van der Waals surface area contributed by atoms with Crippen molar-refractivity contribution in [1.29, 1.82) is 0 Å². The molecule has 1 aliphatic rings. The summed E-state index contributed by atoms with van der Waals surface area (Å²) < 4.78 is 5.23. The molecule has 1 heterocycles. The summed E-state index contributed by atoms with van der Waals surface area (Å²) in [6.07, 6.45) is 2.58. The van der Waals surface area contributed by atoms with E-state index < -0.39 is 17.7 Å². The fourth-order valence-electron chi connectivity index (χ4n) is 4.12. The van der Waals surface area contributed by atoms with Crippen molar-refractivity contribution < 1.29 is 29.0 Å². The number of para-hydroxylation sites is 1. The molecule has 37 heavy (non-hydrogen) atoms. The molecule has 0 aliphatic carbocycles. The summed E-state index contributed by atoms with van der Waals surface area (Å²) in [5.74, 6) is -1.68. The van der Waals surface area contributed by atoms with Crippen molar-refractivity contribution in [3.05, 3.63) is 59.7 Å². The first-order chi connectivity index (χ1) is 17.5. The number of carbonyl (C=O) groups excluding carboxylic acids is 3. The number of benzene rings is 2. The van der Waals surface area contributed by atoms with Gasteiger partial charge in [-0.2, -0.15) is 0 Å². The van der Waals surface area contributed by atoms with E-state index in [4.69, 9.17) is 9.84 Å². The topological polar surface area (TPSA) is 116 Å². The normalized spacial score (nSPS) is 13.7. The van der Waals surface area contributed by atoms with Crippen LogP contribution in [0.5, 0.6) is 0 Å². The van der Waals surface area contributed by atoms with E-state index in [2.05, 4.69) is 5.32 Å². The number of nitrogens with one attached hydrogen (secondary N) is 1. The first kappa shape index (κ1) is 27.7. The zero-order valence-electron chi connectivity index (χ0n) is 21.7. The fraction of sp³-hybridized carbons (Fsp3) is 0.429. The molecule has 0 saturated heterocycles. The summed E-state index contributed by atoms with van der Waals surface area (Å²) in [4.78, 5) is 52.3. The maximum absolute atomic E-state index is 13.4. The molecule has 9 heteroatoms. The number of nitrogens with zero attached hydrogens (tertiary/aromatic N) is 2. The molecule has 0 atom stereocenters. The molecule has 0 saturated carbocycles. The lowest BCUT2D eigenvalue weighted by Gasteiger charge is -2.23. The van der Waals surface area contributed by atoms with Crippen LogP contribution in [0.25, 0.3) is 0 Å². The second-order valence-corrected chi connectivity index (χ2v) is 10.0. The number of unbranched alkanes of at least 4 members (excludes halogenated alkanes) is 2. The van der Waals surface area contributed by atoms with E-state index in [1.165, 1.54) is 9.80 Å². The predicted molar refractivity (Wildman–Crippen MR) is 140 cm³/mol. The average molecular weight is 510 g/mol. The Morgan fingerprint density at radius 3 is 2.43 bits per heavy atom. The van der Waals surface area contributed by atoms with Gasteiger partial charge >= 0.3 is 12.1 Å². The van der Waals surface area contributed by atoms with E-state index >= 15 is 0 Å². The van der Waals surface area contributed by atoms with Gasteiger partial charge in [0.2, 0.25) is 0 Å². The number of aliphatic carboxylic acids is 1. The van der Waals surface area contributed by atoms with Gasteiger partial charge in [0.15, 0.2) is 0 Å². The van der Waals surface area contributed by atoms with Crippen molar-refractivity contribution in [2.45, 2.75) is 58.5 Å². The summed E-state index contributed by atoms with van der Waals surface area (Å²) in [5, 5.41) is 11.9. The predicted octanol–water partition coefficient (Wildman–Crippen LogP) is 4.52. The van der Waals surface area contributed by atoms with Crippen molar-refractivity contribution in [3.63, 3.8) is 0 Å². The first-order valence-corrected chi connectivity index (χ1v) is 12.5. The zero-order valence-corrected chi connectivity index (χ0v) is 21.7. The second kappa shape index (κ2) is 12.4. The Morgan fingerprint density at radius 1 is 1.03 bits per heavy atom. The maximum atomic E-state index is 13.4. The van der Waals surface area contributed by atoms with Gasteiger partial charge in [0.1, 0.15) is 12.1 Å². The van der Waals surface area contributed by atoms with E-state index in [0.717, 1.165) is 31.2 Å². The van der Waals surface area contributed by atoms with Gasteiger partial charge in [-0.25, -0.2) is 4.79 Å². The monoisotopic (exact) mass is 509 g/mol. The minimum Gasteiger partial charge on any atom is -0.481 e. The SMILES string of the molecule is CC(C)(C)OC(=O)NCCCCCc1ccc2c(c1)C(=O)N(CCC(=O)O)CC(=O)N2c1ccccc1. The number of fused-ring (bicyclic) bond motifs is 1. The highest BCUT2D eigenvalue weighted by molar-refractivity contribution is 6.13. The molecule has 3 rings (SSSR count). The number of carbonyl (C=O) groups is 4. The fourth-order valence-corrected chi connectivity index (χ4v) is 4.12. The van der Waals surface area contributed by atoms with Crippen LogP contribution in [0, 0.1) is 0 Å². The minimum absolute atomic E-state index is 0.0448. The number of hydrogen-bond acceptors (Lipinski definition) is 5. The third kappa shape index (κ3) is 8.06. The molecule has 0 spiro atoms. The highest BCUT2D eigenvalue weighted by Crippen LogP contribution is 2.33. The van der Waals surface area contributed by atoms with Crippen LogP contribution < -0.4 is 10.2 Å². The Kier molecular flexibility index (Phi) is 9.27. The Bertz CT molecular complexity index is 1130. The van der Waals surface area contributed by atoms with Crippen molar-refractivity contribution >= 4 is 35.3 Å². The zero-order chi connectivity index (χ0) is 27.0. The number of anilines is 2.